The van der Waals surface area contributed by atoms with Gasteiger partial charge in [-0.25, -0.2) is 9.97 Å². The van der Waals surface area contributed by atoms with Crippen LogP contribution in [0, 0.1) is 0 Å². The van der Waals surface area contributed by atoms with Crippen LogP contribution in [0.1, 0.15) is 18.4 Å². The predicted molar refractivity (Wildman–Crippen MR) is 120 cm³/mol. The zero-order valence-electron chi connectivity index (χ0n) is 16.8. The van der Waals surface area contributed by atoms with E-state index in [0.29, 0.717) is 12.6 Å². The molecule has 6 heteroatoms. The second-order valence-corrected chi connectivity index (χ2v) is 7.62. The van der Waals surface area contributed by atoms with Crippen molar-refractivity contribution in [3.63, 3.8) is 0 Å². The Labute approximate surface area is 175 Å². The first-order valence-electron chi connectivity index (χ1n) is 10.4. The third-order valence-corrected chi connectivity index (χ3v) is 5.41. The summed E-state index contributed by atoms with van der Waals surface area (Å²) < 4.78 is 5.87. The second kappa shape index (κ2) is 8.55. The van der Waals surface area contributed by atoms with E-state index in [4.69, 9.17) is 14.7 Å². The minimum atomic E-state index is 0.470. The van der Waals surface area contributed by atoms with E-state index in [9.17, 15) is 0 Å². The lowest BCUT2D eigenvalue weighted by Crippen LogP contribution is -2.35. The number of rotatable bonds is 6. The molecule has 0 radical (unpaired) electrons. The van der Waals surface area contributed by atoms with Crippen LogP contribution in [0.2, 0.25) is 0 Å². The number of H-pyrrole nitrogens is 1. The van der Waals surface area contributed by atoms with Gasteiger partial charge >= 0.3 is 0 Å². The van der Waals surface area contributed by atoms with E-state index >= 15 is 0 Å². The molecule has 0 spiro atoms. The maximum Gasteiger partial charge on any atom is 0.180 e. The van der Waals surface area contributed by atoms with Gasteiger partial charge in [-0.3, -0.25) is 0 Å². The highest BCUT2D eigenvalue weighted by Gasteiger charge is 2.14. The topological polar surface area (TPSA) is 74.9 Å². The van der Waals surface area contributed by atoms with Gasteiger partial charge in [-0.05, 0) is 67.9 Å². The quantitative estimate of drug-likeness (QED) is 0.449. The van der Waals surface area contributed by atoms with Gasteiger partial charge in [-0.1, -0.05) is 30.3 Å². The van der Waals surface area contributed by atoms with Crippen LogP contribution < -0.4 is 15.4 Å². The third kappa shape index (κ3) is 4.28. The van der Waals surface area contributed by atoms with E-state index in [1.807, 2.05) is 54.6 Å². The molecule has 6 nitrogen and oxygen atoms in total. The number of nitrogens with zero attached hydrogens (tertiary/aromatic N) is 2. The summed E-state index contributed by atoms with van der Waals surface area (Å²) >= 11 is 0. The number of anilines is 1. The second-order valence-electron chi connectivity index (χ2n) is 7.62. The van der Waals surface area contributed by atoms with Crippen molar-refractivity contribution in [2.45, 2.75) is 25.5 Å². The minimum Gasteiger partial charge on any atom is -0.489 e. The molecule has 0 bridgehead atoms. The van der Waals surface area contributed by atoms with Crippen molar-refractivity contribution in [3.05, 3.63) is 72.3 Å². The molecule has 30 heavy (non-hydrogen) atoms. The van der Waals surface area contributed by atoms with Crippen molar-refractivity contribution >= 4 is 17.0 Å². The molecule has 1 aliphatic heterocycles. The van der Waals surface area contributed by atoms with E-state index in [1.165, 1.54) is 0 Å². The number of aromatic amines is 1. The molecule has 3 N–H and O–H groups in total. The average Bonchev–Trinajstić information content (AvgIpc) is 3.23. The van der Waals surface area contributed by atoms with E-state index in [2.05, 4.69) is 27.8 Å². The number of ether oxygens (including phenoxy) is 1. The van der Waals surface area contributed by atoms with Gasteiger partial charge in [0.05, 0.1) is 5.52 Å². The first-order valence-corrected chi connectivity index (χ1v) is 10.4. The highest BCUT2D eigenvalue weighted by molar-refractivity contribution is 5.77. The smallest absolute Gasteiger partial charge is 0.180 e. The predicted octanol–water partition coefficient (Wildman–Crippen LogP) is 4.37. The van der Waals surface area contributed by atoms with Crippen LogP contribution in [-0.4, -0.2) is 34.1 Å². The molecular formula is C24H25N5O. The lowest BCUT2D eigenvalue weighted by atomic mass is 10.1. The van der Waals surface area contributed by atoms with Gasteiger partial charge in [0.2, 0.25) is 0 Å². The summed E-state index contributed by atoms with van der Waals surface area (Å²) in [6, 6.07) is 22.7. The van der Waals surface area contributed by atoms with Crippen LogP contribution in [0.5, 0.6) is 5.75 Å². The fraction of sp³-hybridized carbons (Fsp3) is 0.250. The number of piperidine rings is 1. The van der Waals surface area contributed by atoms with Crippen LogP contribution >= 0.6 is 0 Å². The van der Waals surface area contributed by atoms with Gasteiger partial charge in [0.25, 0.3) is 0 Å². The zero-order valence-corrected chi connectivity index (χ0v) is 16.8. The normalized spacial score (nSPS) is 14.7. The molecule has 0 aliphatic carbocycles. The summed E-state index contributed by atoms with van der Waals surface area (Å²) in [5.74, 6) is 2.54. The maximum atomic E-state index is 5.87. The van der Waals surface area contributed by atoms with Crippen molar-refractivity contribution < 1.29 is 4.74 Å². The Kier molecular flexibility index (Phi) is 5.31. The van der Waals surface area contributed by atoms with Crippen molar-refractivity contribution in [2.24, 2.45) is 0 Å². The molecular weight excluding hydrogens is 374 g/mol. The molecule has 0 unspecified atom stereocenters. The summed E-state index contributed by atoms with van der Waals surface area (Å²) in [6.45, 7) is 2.66. The first-order chi connectivity index (χ1) is 14.8. The molecule has 152 valence electrons. The largest absolute Gasteiger partial charge is 0.489 e. The van der Waals surface area contributed by atoms with Crippen molar-refractivity contribution in [1.29, 1.82) is 0 Å². The minimum absolute atomic E-state index is 0.470. The Balaban J connectivity index is 1.28. The number of fused-ring (bicyclic) bond motifs is 1. The molecule has 3 heterocycles. The van der Waals surface area contributed by atoms with E-state index in [0.717, 1.165) is 65.6 Å². The molecule has 4 aromatic rings. The van der Waals surface area contributed by atoms with Crippen LogP contribution in [0.25, 0.3) is 22.6 Å². The van der Waals surface area contributed by atoms with Crippen LogP contribution in [0.4, 0.5) is 5.82 Å². The Morgan fingerprint density at radius 2 is 1.70 bits per heavy atom. The van der Waals surface area contributed by atoms with Crippen LogP contribution in [-0.2, 0) is 6.61 Å². The van der Waals surface area contributed by atoms with Gasteiger partial charge in [-0.15, -0.1) is 0 Å². The monoisotopic (exact) mass is 399 g/mol. The molecule has 0 amide bonds. The van der Waals surface area contributed by atoms with Crippen molar-refractivity contribution in [3.8, 4) is 17.1 Å². The van der Waals surface area contributed by atoms with Gasteiger partial charge < -0.3 is 20.4 Å². The number of pyridine rings is 1. The summed E-state index contributed by atoms with van der Waals surface area (Å²) in [6.07, 6.45) is 2.23. The molecule has 1 fully saturated rings. The lowest BCUT2D eigenvalue weighted by Gasteiger charge is -2.24. The van der Waals surface area contributed by atoms with E-state index in [-0.39, 0.29) is 0 Å². The maximum absolute atomic E-state index is 5.87. The van der Waals surface area contributed by atoms with Gasteiger partial charge in [0.15, 0.2) is 5.65 Å². The number of hydrogen-bond donors (Lipinski definition) is 3. The standard InChI is InChI=1S/C24H25N5O/c1-2-4-17(5-3-1)16-30-20-8-6-18(7-9-20)23-27-21-10-11-22(28-24(21)29-23)26-19-12-14-25-15-13-19/h1-11,19,25H,12-16H2,(H2,26,27,28,29). The first kappa shape index (κ1) is 18.6. The van der Waals surface area contributed by atoms with Gasteiger partial charge in [-0.2, -0.15) is 0 Å². The molecule has 2 aromatic carbocycles. The fourth-order valence-corrected chi connectivity index (χ4v) is 3.74. The Morgan fingerprint density at radius 1 is 0.900 bits per heavy atom. The van der Waals surface area contributed by atoms with E-state index in [1.54, 1.807) is 0 Å². The van der Waals surface area contributed by atoms with Gasteiger partial charge in [0.1, 0.15) is 24.0 Å². The SMILES string of the molecule is c1ccc(COc2ccc(-c3nc4nc(NC5CCNCC5)ccc4[nH]3)cc2)cc1. The van der Waals surface area contributed by atoms with Crippen molar-refractivity contribution in [2.75, 3.05) is 18.4 Å². The number of imidazole rings is 1. The molecule has 0 saturated carbocycles. The number of aromatic nitrogens is 3. The van der Waals surface area contributed by atoms with Crippen molar-refractivity contribution in [1.82, 2.24) is 20.3 Å². The van der Waals surface area contributed by atoms with E-state index < -0.39 is 0 Å². The molecule has 5 rings (SSSR count). The van der Waals surface area contributed by atoms with Gasteiger partial charge in [0, 0.05) is 11.6 Å². The lowest BCUT2D eigenvalue weighted by molar-refractivity contribution is 0.306. The molecule has 2 aromatic heterocycles. The zero-order chi connectivity index (χ0) is 20.2. The summed E-state index contributed by atoms with van der Waals surface area (Å²) in [5, 5.41) is 6.92. The molecule has 1 aliphatic rings. The summed E-state index contributed by atoms with van der Waals surface area (Å²) in [4.78, 5) is 12.8. The Morgan fingerprint density at radius 3 is 2.50 bits per heavy atom. The fourth-order valence-electron chi connectivity index (χ4n) is 3.74. The van der Waals surface area contributed by atoms with Crippen LogP contribution in [0.15, 0.2) is 66.7 Å². The number of nitrogens with one attached hydrogen (secondary N) is 3. The molecule has 1 saturated heterocycles. The molecule has 0 atom stereocenters. The summed E-state index contributed by atoms with van der Waals surface area (Å²) in [7, 11) is 0. The Hall–Kier alpha value is -3.38. The number of hydrogen-bond acceptors (Lipinski definition) is 5. The van der Waals surface area contributed by atoms with Crippen LogP contribution in [0.3, 0.4) is 0 Å². The Bertz CT molecular complexity index is 1100. The average molecular weight is 399 g/mol. The highest BCUT2D eigenvalue weighted by Crippen LogP contribution is 2.24. The highest BCUT2D eigenvalue weighted by atomic mass is 16.5. The summed E-state index contributed by atoms with van der Waals surface area (Å²) in [5.41, 5.74) is 3.82. The third-order valence-electron chi connectivity index (χ3n) is 5.41. The number of benzene rings is 2.